The monoisotopic (exact) mass is 289 g/mol. The van der Waals surface area contributed by atoms with E-state index in [1.807, 2.05) is 49.5 Å². The predicted octanol–water partition coefficient (Wildman–Crippen LogP) is 4.16. The lowest BCUT2D eigenvalue weighted by Crippen LogP contribution is -2.16. The van der Waals surface area contributed by atoms with Crippen molar-refractivity contribution in [1.82, 2.24) is 5.32 Å². The highest BCUT2D eigenvalue weighted by atomic mass is 35.5. The third-order valence-corrected chi connectivity index (χ3v) is 3.50. The van der Waals surface area contributed by atoms with Gasteiger partial charge in [-0.05, 0) is 25.2 Å². The summed E-state index contributed by atoms with van der Waals surface area (Å²) in [5.74, 6) is 1.33. The highest BCUT2D eigenvalue weighted by molar-refractivity contribution is 6.17. The molecule has 0 fully saturated rings. The van der Waals surface area contributed by atoms with Gasteiger partial charge in [-0.25, -0.2) is 0 Å². The Morgan fingerprint density at radius 2 is 1.75 bits per heavy atom. The van der Waals surface area contributed by atoms with Crippen molar-refractivity contribution in [3.63, 3.8) is 0 Å². The molecule has 0 heterocycles. The number of ether oxygens (including phenoxy) is 1. The largest absolute Gasteiger partial charge is 0.485 e. The summed E-state index contributed by atoms with van der Waals surface area (Å²) >= 11 is 5.97. The van der Waals surface area contributed by atoms with E-state index in [0.717, 1.165) is 24.3 Å². The highest BCUT2D eigenvalue weighted by Crippen LogP contribution is 2.28. The molecule has 3 heteroatoms. The lowest BCUT2D eigenvalue weighted by molar-refractivity contribution is 0.193. The first-order valence-electron chi connectivity index (χ1n) is 6.85. The van der Waals surface area contributed by atoms with Crippen LogP contribution < -0.4 is 10.1 Å². The molecular formula is C17H20ClNO. The van der Waals surface area contributed by atoms with E-state index in [1.165, 1.54) is 5.56 Å². The predicted molar refractivity (Wildman–Crippen MR) is 84.4 cm³/mol. The molecule has 0 bridgehead atoms. The SMILES string of the molecule is CNCC[C@@H](Oc1ccccc1CCl)c1ccccc1. The first kappa shape index (κ1) is 14.9. The van der Waals surface area contributed by atoms with Gasteiger partial charge in [0.25, 0.3) is 0 Å². The molecule has 0 aliphatic carbocycles. The van der Waals surface area contributed by atoms with Gasteiger partial charge in [0.2, 0.25) is 0 Å². The van der Waals surface area contributed by atoms with Crippen LogP contribution in [0, 0.1) is 0 Å². The molecule has 0 aliphatic rings. The number of halogens is 1. The third-order valence-electron chi connectivity index (χ3n) is 3.21. The Bertz CT molecular complexity index is 515. The summed E-state index contributed by atoms with van der Waals surface area (Å²) in [4.78, 5) is 0. The minimum atomic E-state index is 0.0352. The molecule has 0 saturated heterocycles. The molecule has 2 nitrogen and oxygen atoms in total. The van der Waals surface area contributed by atoms with Crippen LogP contribution in [0.1, 0.15) is 23.7 Å². The Balaban J connectivity index is 2.19. The molecule has 2 aromatic carbocycles. The number of hydrogen-bond acceptors (Lipinski definition) is 2. The highest BCUT2D eigenvalue weighted by Gasteiger charge is 2.14. The molecule has 0 radical (unpaired) electrons. The number of benzene rings is 2. The molecule has 0 amide bonds. The Hall–Kier alpha value is -1.51. The van der Waals surface area contributed by atoms with Crippen LogP contribution in [0.5, 0.6) is 5.75 Å². The molecule has 0 spiro atoms. The smallest absolute Gasteiger partial charge is 0.125 e. The molecule has 0 aromatic heterocycles. The van der Waals surface area contributed by atoms with Crippen molar-refractivity contribution < 1.29 is 4.74 Å². The number of hydrogen-bond donors (Lipinski definition) is 1. The molecular weight excluding hydrogens is 270 g/mol. The van der Waals surface area contributed by atoms with Crippen LogP contribution in [0.25, 0.3) is 0 Å². The minimum Gasteiger partial charge on any atom is -0.485 e. The topological polar surface area (TPSA) is 21.3 Å². The Morgan fingerprint density at radius 3 is 2.45 bits per heavy atom. The van der Waals surface area contributed by atoms with Crippen molar-refractivity contribution in [3.8, 4) is 5.75 Å². The molecule has 20 heavy (non-hydrogen) atoms. The average molecular weight is 290 g/mol. The van der Waals surface area contributed by atoms with E-state index in [2.05, 4.69) is 17.4 Å². The number of rotatable bonds is 7. The Kier molecular flexibility index (Phi) is 5.90. The lowest BCUT2D eigenvalue weighted by atomic mass is 10.1. The van der Waals surface area contributed by atoms with E-state index < -0.39 is 0 Å². The van der Waals surface area contributed by atoms with Gasteiger partial charge in [0, 0.05) is 12.0 Å². The van der Waals surface area contributed by atoms with Crippen LogP contribution in [0.2, 0.25) is 0 Å². The van der Waals surface area contributed by atoms with Crippen LogP contribution in [-0.4, -0.2) is 13.6 Å². The van der Waals surface area contributed by atoms with E-state index in [-0.39, 0.29) is 6.10 Å². The Morgan fingerprint density at radius 1 is 1.05 bits per heavy atom. The standard InChI is InChI=1S/C17H20ClNO/c1-19-12-11-17(14-7-3-2-4-8-14)20-16-10-6-5-9-15(16)13-18/h2-10,17,19H,11-13H2,1H3/t17-/m1/s1. The van der Waals surface area contributed by atoms with Gasteiger partial charge in [0.05, 0.1) is 5.88 Å². The van der Waals surface area contributed by atoms with E-state index >= 15 is 0 Å². The van der Waals surface area contributed by atoms with Gasteiger partial charge >= 0.3 is 0 Å². The van der Waals surface area contributed by atoms with Crippen LogP contribution in [0.4, 0.5) is 0 Å². The molecule has 0 aliphatic heterocycles. The summed E-state index contributed by atoms with van der Waals surface area (Å²) in [6.07, 6.45) is 0.949. The third kappa shape index (κ3) is 3.99. The van der Waals surface area contributed by atoms with Gasteiger partial charge in [-0.1, -0.05) is 48.5 Å². The fraction of sp³-hybridized carbons (Fsp3) is 0.294. The average Bonchev–Trinajstić information content (AvgIpc) is 2.52. The number of para-hydroxylation sites is 1. The van der Waals surface area contributed by atoms with Crippen LogP contribution >= 0.6 is 11.6 Å². The summed E-state index contributed by atoms with van der Waals surface area (Å²) in [6.45, 7) is 0.905. The zero-order valence-corrected chi connectivity index (χ0v) is 12.4. The molecule has 2 aromatic rings. The second kappa shape index (κ2) is 7.93. The molecule has 106 valence electrons. The van der Waals surface area contributed by atoms with Gasteiger partial charge in [0.1, 0.15) is 11.9 Å². The van der Waals surface area contributed by atoms with E-state index in [4.69, 9.17) is 16.3 Å². The first-order chi connectivity index (χ1) is 9.85. The fourth-order valence-corrected chi connectivity index (χ4v) is 2.34. The summed E-state index contributed by atoms with van der Waals surface area (Å²) in [5, 5.41) is 3.18. The number of alkyl halides is 1. The van der Waals surface area contributed by atoms with Crippen molar-refractivity contribution in [2.75, 3.05) is 13.6 Å². The van der Waals surface area contributed by atoms with E-state index in [9.17, 15) is 0 Å². The molecule has 1 N–H and O–H groups in total. The minimum absolute atomic E-state index is 0.0352. The van der Waals surface area contributed by atoms with Gasteiger partial charge in [-0.3, -0.25) is 0 Å². The van der Waals surface area contributed by atoms with E-state index in [0.29, 0.717) is 5.88 Å². The lowest BCUT2D eigenvalue weighted by Gasteiger charge is -2.21. The van der Waals surface area contributed by atoms with Crippen molar-refractivity contribution in [1.29, 1.82) is 0 Å². The molecule has 0 saturated carbocycles. The molecule has 0 unspecified atom stereocenters. The summed E-state index contributed by atoms with van der Waals surface area (Å²) < 4.78 is 6.20. The first-order valence-corrected chi connectivity index (χ1v) is 7.38. The summed E-state index contributed by atoms with van der Waals surface area (Å²) in [7, 11) is 1.95. The van der Waals surface area contributed by atoms with Crippen LogP contribution in [0.3, 0.4) is 0 Å². The molecule has 2 rings (SSSR count). The second-order valence-electron chi connectivity index (χ2n) is 4.65. The van der Waals surface area contributed by atoms with Crippen molar-refractivity contribution in [2.45, 2.75) is 18.4 Å². The van der Waals surface area contributed by atoms with Crippen molar-refractivity contribution in [2.24, 2.45) is 0 Å². The quantitative estimate of drug-likeness (QED) is 0.773. The van der Waals surface area contributed by atoms with Gasteiger partial charge in [0.15, 0.2) is 0 Å². The van der Waals surface area contributed by atoms with Gasteiger partial charge in [-0.2, -0.15) is 0 Å². The van der Waals surface area contributed by atoms with Crippen molar-refractivity contribution >= 4 is 11.6 Å². The normalized spacial score (nSPS) is 12.1. The van der Waals surface area contributed by atoms with Gasteiger partial charge < -0.3 is 10.1 Å². The molecule has 1 atom stereocenters. The summed E-state index contributed by atoms with van der Waals surface area (Å²) in [5.41, 5.74) is 2.21. The van der Waals surface area contributed by atoms with Crippen LogP contribution in [0.15, 0.2) is 54.6 Å². The zero-order valence-electron chi connectivity index (χ0n) is 11.7. The van der Waals surface area contributed by atoms with E-state index in [1.54, 1.807) is 0 Å². The zero-order chi connectivity index (χ0) is 14.2. The van der Waals surface area contributed by atoms with Crippen LogP contribution in [-0.2, 0) is 5.88 Å². The fourth-order valence-electron chi connectivity index (χ4n) is 2.12. The van der Waals surface area contributed by atoms with Crippen molar-refractivity contribution in [3.05, 3.63) is 65.7 Å². The number of nitrogens with one attached hydrogen (secondary N) is 1. The maximum Gasteiger partial charge on any atom is 0.125 e. The maximum absolute atomic E-state index is 6.20. The summed E-state index contributed by atoms with van der Waals surface area (Å²) in [6, 6.07) is 18.2. The van der Waals surface area contributed by atoms with Gasteiger partial charge in [-0.15, -0.1) is 11.6 Å². The Labute approximate surface area is 125 Å². The maximum atomic E-state index is 6.20. The second-order valence-corrected chi connectivity index (χ2v) is 4.92.